The van der Waals surface area contributed by atoms with E-state index in [-0.39, 0.29) is 39.5 Å². The third-order valence-corrected chi connectivity index (χ3v) is 10.1. The van der Waals surface area contributed by atoms with E-state index < -0.39 is 5.78 Å². The Labute approximate surface area is 285 Å². The molecule has 0 fully saturated rings. The number of methoxy groups -OCH3 is 1. The van der Waals surface area contributed by atoms with Crippen LogP contribution >= 0.6 is 0 Å². The van der Waals surface area contributed by atoms with Crippen LogP contribution in [0.15, 0.2) is 24.3 Å². The summed E-state index contributed by atoms with van der Waals surface area (Å²) < 4.78 is 6.09. The van der Waals surface area contributed by atoms with Crippen molar-refractivity contribution in [3.8, 4) is 17.2 Å². The summed E-state index contributed by atoms with van der Waals surface area (Å²) in [5.74, 6) is -1.11. The van der Waals surface area contributed by atoms with E-state index >= 15 is 0 Å². The number of hydrogen-bond donors (Lipinski definition) is 2. The molecule has 0 saturated carbocycles. The molecule has 2 N–H and O–H groups in total. The van der Waals surface area contributed by atoms with Gasteiger partial charge in [-0.1, -0.05) is 117 Å². The monoisotopic (exact) mass is 650 g/mol. The molecule has 0 radical (unpaired) electrons. The van der Waals surface area contributed by atoms with Crippen LogP contribution in [0.2, 0.25) is 0 Å². The molecule has 0 amide bonds. The first-order valence-corrected chi connectivity index (χ1v) is 18.9. The van der Waals surface area contributed by atoms with Crippen LogP contribution in [0.5, 0.6) is 17.2 Å². The minimum Gasteiger partial charge on any atom is -0.507 e. The van der Waals surface area contributed by atoms with Gasteiger partial charge < -0.3 is 19.4 Å². The van der Waals surface area contributed by atoms with Crippen LogP contribution in [-0.4, -0.2) is 53.5 Å². The zero-order valence-corrected chi connectivity index (χ0v) is 30.1. The summed E-state index contributed by atoms with van der Waals surface area (Å²) in [4.78, 5) is 27.1. The largest absolute Gasteiger partial charge is 0.507 e. The van der Waals surface area contributed by atoms with Gasteiger partial charge in [-0.05, 0) is 43.9 Å². The van der Waals surface area contributed by atoms with Gasteiger partial charge in [-0.3, -0.25) is 9.59 Å². The Hall–Kier alpha value is -2.86. The summed E-state index contributed by atoms with van der Waals surface area (Å²) in [5, 5.41) is 21.6. The van der Waals surface area contributed by atoms with Crippen LogP contribution in [-0.2, 0) is 6.54 Å². The molecule has 2 aromatic rings. The maximum absolute atomic E-state index is 13.7. The van der Waals surface area contributed by atoms with Crippen LogP contribution in [0.4, 0.5) is 0 Å². The van der Waals surface area contributed by atoms with Crippen molar-refractivity contribution in [3.05, 3.63) is 52.1 Å². The minimum absolute atomic E-state index is 0.0229. The number of fused-ring (bicyclic) bond motifs is 2. The second-order valence-electron chi connectivity index (χ2n) is 14.4. The average Bonchev–Trinajstić information content (AvgIpc) is 3.04. The van der Waals surface area contributed by atoms with Crippen LogP contribution < -0.4 is 4.74 Å². The zero-order valence-electron chi connectivity index (χ0n) is 30.1. The van der Waals surface area contributed by atoms with Crippen molar-refractivity contribution in [1.82, 2.24) is 0 Å². The van der Waals surface area contributed by atoms with E-state index in [4.69, 9.17) is 4.74 Å². The number of benzene rings is 2. The van der Waals surface area contributed by atoms with Gasteiger partial charge in [-0.15, -0.1) is 0 Å². The number of ether oxygens (including phenoxy) is 1. The Morgan fingerprint density at radius 2 is 0.957 bits per heavy atom. The molecule has 1 aliphatic carbocycles. The lowest BCUT2D eigenvalue weighted by atomic mass is 9.82. The number of aromatic hydroxyl groups is 2. The molecular formula is C41H64NO5+. The molecule has 0 aromatic heterocycles. The average molecular weight is 651 g/mol. The third kappa shape index (κ3) is 12.0. The van der Waals surface area contributed by atoms with Crippen molar-refractivity contribution in [2.24, 2.45) is 0 Å². The first kappa shape index (κ1) is 38.6. The molecule has 3 rings (SSSR count). The Balaban J connectivity index is 1.65. The quantitative estimate of drug-likeness (QED) is 0.0704. The highest BCUT2D eigenvalue weighted by atomic mass is 16.5. The molecule has 47 heavy (non-hydrogen) atoms. The lowest BCUT2D eigenvalue weighted by Crippen LogP contribution is -2.44. The summed E-state index contributed by atoms with van der Waals surface area (Å²) in [5.41, 5.74) is 1.08. The molecule has 0 heterocycles. The number of ketones is 2. The van der Waals surface area contributed by atoms with E-state index in [1.165, 1.54) is 135 Å². The number of rotatable bonds is 25. The van der Waals surface area contributed by atoms with E-state index in [0.717, 1.165) is 36.0 Å². The summed E-state index contributed by atoms with van der Waals surface area (Å²) in [6.07, 6.45) is 26.1. The molecule has 0 atom stereocenters. The van der Waals surface area contributed by atoms with Gasteiger partial charge >= 0.3 is 0 Å². The Morgan fingerprint density at radius 3 is 1.40 bits per heavy atom. The highest BCUT2D eigenvalue weighted by Gasteiger charge is 2.36. The topological polar surface area (TPSA) is 83.8 Å². The number of nitrogens with zero attached hydrogens (tertiary/aromatic N) is 1. The molecule has 0 unspecified atom stereocenters. The van der Waals surface area contributed by atoms with Crippen LogP contribution in [0.25, 0.3) is 0 Å². The molecule has 6 heteroatoms. The van der Waals surface area contributed by atoms with E-state index in [9.17, 15) is 19.8 Å². The molecule has 0 bridgehead atoms. The Kier molecular flexibility index (Phi) is 16.8. The minimum atomic E-state index is -0.535. The van der Waals surface area contributed by atoms with Gasteiger partial charge in [0.05, 0.1) is 38.4 Å². The maximum Gasteiger partial charge on any atom is 0.201 e. The predicted octanol–water partition coefficient (Wildman–Crippen LogP) is 10.7. The summed E-state index contributed by atoms with van der Waals surface area (Å²) in [6, 6.07) is 6.27. The lowest BCUT2D eigenvalue weighted by Gasteiger charge is -2.35. The molecule has 1 aliphatic rings. The van der Waals surface area contributed by atoms with Crippen molar-refractivity contribution in [1.29, 1.82) is 0 Å². The van der Waals surface area contributed by atoms with E-state index in [1.807, 2.05) is 0 Å². The first-order valence-electron chi connectivity index (χ1n) is 18.9. The summed E-state index contributed by atoms with van der Waals surface area (Å²) in [6.45, 7) is 7.31. The molecule has 0 aliphatic heterocycles. The first-order chi connectivity index (χ1) is 22.7. The third-order valence-electron chi connectivity index (χ3n) is 10.1. The highest BCUT2D eigenvalue weighted by molar-refractivity contribution is 6.30. The zero-order chi connectivity index (χ0) is 34.1. The van der Waals surface area contributed by atoms with Crippen molar-refractivity contribution in [3.63, 3.8) is 0 Å². The number of hydrogen-bond acceptors (Lipinski definition) is 5. The number of phenols is 2. The van der Waals surface area contributed by atoms with Gasteiger partial charge in [0, 0.05) is 22.8 Å². The number of unbranched alkanes of at least 4 members (excludes halogenated alkanes) is 18. The van der Waals surface area contributed by atoms with Crippen molar-refractivity contribution in [2.75, 3.05) is 27.2 Å². The van der Waals surface area contributed by atoms with Gasteiger partial charge in [0.2, 0.25) is 5.78 Å². The molecule has 6 nitrogen and oxygen atoms in total. The van der Waals surface area contributed by atoms with Gasteiger partial charge in [-0.2, -0.15) is 0 Å². The SMILES string of the molecule is CCCCCCCCCCCC[N+](C)(CCCCCCCCCCCC)Cc1cc(O)c2c(c1)C(=O)c1cc(OC)cc(O)c1C2=O. The summed E-state index contributed by atoms with van der Waals surface area (Å²) in [7, 11) is 3.76. The predicted molar refractivity (Wildman–Crippen MR) is 193 cm³/mol. The molecule has 0 saturated heterocycles. The standard InChI is InChI=1S/C41H63NO5/c1-5-7-9-11-13-15-17-19-21-23-25-42(3,26-24-22-20-18-16-14-12-10-8-6-2)31-32-27-34-38(36(43)28-32)41(46)39-35(40(34)45)29-33(47-4)30-37(39)44/h27-30H,5-26,31H2,1-4H3,(H-,43,44,46)/p+1. The van der Waals surface area contributed by atoms with E-state index in [2.05, 4.69) is 20.9 Å². The van der Waals surface area contributed by atoms with Gasteiger partial charge in [0.25, 0.3) is 0 Å². The molecule has 0 spiro atoms. The fraction of sp³-hybridized carbons (Fsp3) is 0.659. The van der Waals surface area contributed by atoms with Crippen molar-refractivity contribution < 1.29 is 29.0 Å². The van der Waals surface area contributed by atoms with Gasteiger partial charge in [0.1, 0.15) is 23.8 Å². The highest BCUT2D eigenvalue weighted by Crippen LogP contribution is 2.39. The Bertz CT molecular complexity index is 1240. The normalized spacial score (nSPS) is 12.8. The molecule has 2 aromatic carbocycles. The fourth-order valence-electron chi connectivity index (χ4n) is 7.27. The maximum atomic E-state index is 13.7. The van der Waals surface area contributed by atoms with Crippen LogP contribution in [0.1, 0.15) is 180 Å². The second-order valence-corrected chi connectivity index (χ2v) is 14.4. The van der Waals surface area contributed by atoms with Crippen molar-refractivity contribution in [2.45, 2.75) is 149 Å². The summed E-state index contributed by atoms with van der Waals surface area (Å²) >= 11 is 0. The van der Waals surface area contributed by atoms with Crippen LogP contribution in [0.3, 0.4) is 0 Å². The smallest absolute Gasteiger partial charge is 0.201 e. The fourth-order valence-corrected chi connectivity index (χ4v) is 7.27. The second kappa shape index (κ2) is 20.5. The number of carbonyl (C=O) groups is 2. The number of phenolic OH excluding ortho intramolecular Hbond substituents is 2. The van der Waals surface area contributed by atoms with E-state index in [1.54, 1.807) is 12.1 Å². The molecule has 262 valence electrons. The van der Waals surface area contributed by atoms with Gasteiger partial charge in [0.15, 0.2) is 5.78 Å². The number of carbonyl (C=O) groups excluding carboxylic acids is 2. The molecular weight excluding hydrogens is 586 g/mol. The number of quaternary nitrogens is 1. The lowest BCUT2D eigenvalue weighted by molar-refractivity contribution is -0.923. The van der Waals surface area contributed by atoms with Crippen LogP contribution in [0, 0.1) is 0 Å². The Morgan fingerprint density at radius 1 is 0.553 bits per heavy atom. The van der Waals surface area contributed by atoms with Crippen molar-refractivity contribution >= 4 is 11.6 Å². The van der Waals surface area contributed by atoms with E-state index in [0.29, 0.717) is 12.3 Å². The van der Waals surface area contributed by atoms with Gasteiger partial charge in [-0.25, -0.2) is 0 Å².